The van der Waals surface area contributed by atoms with Gasteiger partial charge >= 0.3 is 5.97 Å². The van der Waals surface area contributed by atoms with Crippen LogP contribution < -0.4 is 10.1 Å². The number of nitrogens with zero attached hydrogens (tertiary/aromatic N) is 2. The predicted molar refractivity (Wildman–Crippen MR) is 79.8 cm³/mol. The molecule has 2 rings (SSSR count). The summed E-state index contributed by atoms with van der Waals surface area (Å²) < 4.78 is 5.55. The number of benzene rings is 1. The lowest BCUT2D eigenvalue weighted by atomic mass is 10.2. The first-order valence-electron chi connectivity index (χ1n) is 6.73. The molecular formula is C15H17N3O3. The van der Waals surface area contributed by atoms with E-state index in [4.69, 9.17) is 9.84 Å². The van der Waals surface area contributed by atoms with E-state index in [0.717, 1.165) is 5.56 Å². The number of ether oxygens (including phenoxy) is 1. The molecule has 21 heavy (non-hydrogen) atoms. The molecule has 110 valence electrons. The molecule has 0 amide bonds. The fourth-order valence-electron chi connectivity index (χ4n) is 1.90. The van der Waals surface area contributed by atoms with Crippen molar-refractivity contribution in [3.63, 3.8) is 0 Å². The van der Waals surface area contributed by atoms with Crippen LogP contribution in [-0.2, 0) is 0 Å². The summed E-state index contributed by atoms with van der Waals surface area (Å²) in [6.07, 6.45) is 1.31. The molecule has 0 spiro atoms. The lowest BCUT2D eigenvalue weighted by Crippen LogP contribution is -2.10. The van der Waals surface area contributed by atoms with Gasteiger partial charge < -0.3 is 15.2 Å². The summed E-state index contributed by atoms with van der Waals surface area (Å²) in [6, 6.07) is 7.40. The summed E-state index contributed by atoms with van der Waals surface area (Å²) in [5, 5.41) is 12.1. The number of carbonyl (C=O) groups is 1. The highest BCUT2D eigenvalue weighted by Gasteiger charge is 2.15. The molecule has 1 aromatic heterocycles. The highest BCUT2D eigenvalue weighted by atomic mass is 16.5. The van der Waals surface area contributed by atoms with Gasteiger partial charge in [0.2, 0.25) is 0 Å². The van der Waals surface area contributed by atoms with Gasteiger partial charge in [-0.1, -0.05) is 12.1 Å². The minimum atomic E-state index is -1.06. The summed E-state index contributed by atoms with van der Waals surface area (Å²) in [5.41, 5.74) is 0.782. The van der Waals surface area contributed by atoms with E-state index in [1.54, 1.807) is 0 Å². The molecule has 6 heteroatoms. The molecule has 2 N–H and O–H groups in total. The van der Waals surface area contributed by atoms with Crippen LogP contribution in [0.15, 0.2) is 30.5 Å². The van der Waals surface area contributed by atoms with Crippen molar-refractivity contribution in [2.75, 3.05) is 18.5 Å². The molecule has 0 unspecified atom stereocenters. The van der Waals surface area contributed by atoms with Crippen LogP contribution in [0.25, 0.3) is 11.4 Å². The standard InChI is InChI=1S/C15H17N3O3/c1-3-16-14-11(15(19)20)9-17-13(18-14)10-7-5-6-8-12(10)21-4-2/h5-9H,3-4H2,1-2H3,(H,19,20)(H,16,17,18). The molecule has 0 atom stereocenters. The van der Waals surface area contributed by atoms with E-state index in [2.05, 4.69) is 15.3 Å². The Morgan fingerprint density at radius 3 is 2.76 bits per heavy atom. The second-order valence-electron chi connectivity index (χ2n) is 4.22. The van der Waals surface area contributed by atoms with Gasteiger partial charge in [-0.3, -0.25) is 0 Å². The zero-order valence-corrected chi connectivity index (χ0v) is 12.0. The fourth-order valence-corrected chi connectivity index (χ4v) is 1.90. The maximum Gasteiger partial charge on any atom is 0.341 e. The molecule has 1 aromatic carbocycles. The van der Waals surface area contributed by atoms with E-state index in [-0.39, 0.29) is 5.56 Å². The molecule has 0 bridgehead atoms. The molecule has 0 aliphatic rings. The fraction of sp³-hybridized carbons (Fsp3) is 0.267. The van der Waals surface area contributed by atoms with Gasteiger partial charge in [0, 0.05) is 12.7 Å². The van der Waals surface area contributed by atoms with Gasteiger partial charge in [-0.2, -0.15) is 0 Å². The van der Waals surface area contributed by atoms with Crippen LogP contribution >= 0.6 is 0 Å². The third-order valence-corrected chi connectivity index (χ3v) is 2.79. The Hall–Kier alpha value is -2.63. The zero-order chi connectivity index (χ0) is 15.2. The summed E-state index contributed by atoms with van der Waals surface area (Å²) in [4.78, 5) is 19.6. The second-order valence-corrected chi connectivity index (χ2v) is 4.22. The average Bonchev–Trinajstić information content (AvgIpc) is 2.48. The third-order valence-electron chi connectivity index (χ3n) is 2.79. The van der Waals surface area contributed by atoms with E-state index in [1.807, 2.05) is 38.1 Å². The summed E-state index contributed by atoms with van der Waals surface area (Å²) in [7, 11) is 0. The Labute approximate surface area is 122 Å². The van der Waals surface area contributed by atoms with Crippen LogP contribution in [0.2, 0.25) is 0 Å². The van der Waals surface area contributed by atoms with Gasteiger partial charge in [-0.15, -0.1) is 0 Å². The Bertz CT molecular complexity index is 644. The normalized spacial score (nSPS) is 10.2. The van der Waals surface area contributed by atoms with Crippen LogP contribution in [0.3, 0.4) is 0 Å². The SMILES string of the molecule is CCNc1nc(-c2ccccc2OCC)ncc1C(=O)O. The van der Waals surface area contributed by atoms with Gasteiger partial charge in [0.05, 0.1) is 12.2 Å². The summed E-state index contributed by atoms with van der Waals surface area (Å²) in [6.45, 7) is 4.88. The first-order valence-corrected chi connectivity index (χ1v) is 6.73. The maximum atomic E-state index is 11.2. The number of nitrogens with one attached hydrogen (secondary N) is 1. The molecule has 0 saturated heterocycles. The summed E-state index contributed by atoms with van der Waals surface area (Å²) in [5.74, 6) is 0.349. The van der Waals surface area contributed by atoms with E-state index < -0.39 is 5.97 Å². The monoisotopic (exact) mass is 287 g/mol. The smallest absolute Gasteiger partial charge is 0.341 e. The second kappa shape index (κ2) is 6.69. The van der Waals surface area contributed by atoms with Gasteiger partial charge in [-0.05, 0) is 26.0 Å². The Morgan fingerprint density at radius 1 is 1.33 bits per heavy atom. The molecule has 6 nitrogen and oxygen atoms in total. The minimum Gasteiger partial charge on any atom is -0.493 e. The summed E-state index contributed by atoms with van der Waals surface area (Å²) >= 11 is 0. The number of aromatic carboxylic acids is 1. The number of carboxylic acids is 1. The largest absolute Gasteiger partial charge is 0.493 e. The van der Waals surface area contributed by atoms with E-state index in [1.165, 1.54) is 6.20 Å². The first kappa shape index (κ1) is 14.8. The van der Waals surface area contributed by atoms with Gasteiger partial charge in [-0.25, -0.2) is 14.8 Å². The molecule has 0 radical (unpaired) electrons. The van der Waals surface area contributed by atoms with Crippen molar-refractivity contribution in [3.05, 3.63) is 36.0 Å². The van der Waals surface area contributed by atoms with Crippen LogP contribution in [-0.4, -0.2) is 34.2 Å². The van der Waals surface area contributed by atoms with E-state index in [9.17, 15) is 4.79 Å². The highest BCUT2D eigenvalue weighted by Crippen LogP contribution is 2.28. The lowest BCUT2D eigenvalue weighted by molar-refractivity contribution is 0.0697. The van der Waals surface area contributed by atoms with Crippen molar-refractivity contribution in [2.45, 2.75) is 13.8 Å². The van der Waals surface area contributed by atoms with Gasteiger partial charge in [0.15, 0.2) is 5.82 Å². The van der Waals surface area contributed by atoms with Crippen molar-refractivity contribution in [3.8, 4) is 17.1 Å². The molecule has 0 fully saturated rings. The number of anilines is 1. The highest BCUT2D eigenvalue weighted by molar-refractivity contribution is 5.93. The molecule has 2 aromatic rings. The van der Waals surface area contributed by atoms with Crippen LogP contribution in [0.1, 0.15) is 24.2 Å². The molecular weight excluding hydrogens is 270 g/mol. The molecule has 0 aliphatic carbocycles. The zero-order valence-electron chi connectivity index (χ0n) is 12.0. The van der Waals surface area contributed by atoms with Gasteiger partial charge in [0.1, 0.15) is 17.1 Å². The lowest BCUT2D eigenvalue weighted by Gasteiger charge is -2.11. The number of aromatic nitrogens is 2. The van der Waals surface area contributed by atoms with E-state index in [0.29, 0.717) is 30.5 Å². The number of hydrogen-bond acceptors (Lipinski definition) is 5. The first-order chi connectivity index (χ1) is 10.2. The molecule has 1 heterocycles. The van der Waals surface area contributed by atoms with Crippen molar-refractivity contribution < 1.29 is 14.6 Å². The Balaban J connectivity index is 2.50. The van der Waals surface area contributed by atoms with Crippen molar-refractivity contribution >= 4 is 11.8 Å². The number of rotatable bonds is 6. The number of hydrogen-bond donors (Lipinski definition) is 2. The quantitative estimate of drug-likeness (QED) is 0.849. The van der Waals surface area contributed by atoms with Crippen LogP contribution in [0, 0.1) is 0 Å². The average molecular weight is 287 g/mol. The topological polar surface area (TPSA) is 84.3 Å². The number of para-hydroxylation sites is 1. The molecule has 0 saturated carbocycles. The Morgan fingerprint density at radius 2 is 2.10 bits per heavy atom. The van der Waals surface area contributed by atoms with Gasteiger partial charge in [0.25, 0.3) is 0 Å². The third kappa shape index (κ3) is 3.28. The van der Waals surface area contributed by atoms with Crippen LogP contribution in [0.4, 0.5) is 5.82 Å². The molecule has 0 aliphatic heterocycles. The Kier molecular flexibility index (Phi) is 4.71. The van der Waals surface area contributed by atoms with Crippen molar-refractivity contribution in [2.24, 2.45) is 0 Å². The predicted octanol–water partition coefficient (Wildman–Crippen LogP) is 2.67. The maximum absolute atomic E-state index is 11.2. The van der Waals surface area contributed by atoms with Crippen molar-refractivity contribution in [1.82, 2.24) is 9.97 Å². The van der Waals surface area contributed by atoms with Crippen molar-refractivity contribution in [1.29, 1.82) is 0 Å². The van der Waals surface area contributed by atoms with E-state index >= 15 is 0 Å². The van der Waals surface area contributed by atoms with Crippen LogP contribution in [0.5, 0.6) is 5.75 Å². The number of carboxylic acid groups (broad SMARTS) is 1. The minimum absolute atomic E-state index is 0.0505.